The molecule has 3 fully saturated rings. The lowest BCUT2D eigenvalue weighted by atomic mass is 9.45. The summed E-state index contributed by atoms with van der Waals surface area (Å²) in [7, 11) is 0. The summed E-state index contributed by atoms with van der Waals surface area (Å²) in [5, 5.41) is 11.2. The van der Waals surface area contributed by atoms with E-state index in [9.17, 15) is 19.5 Å². The molecule has 4 rings (SSSR count). The predicted molar refractivity (Wildman–Crippen MR) is 111 cm³/mol. The third-order valence-corrected chi connectivity index (χ3v) is 10.5. The van der Waals surface area contributed by atoms with Crippen LogP contribution in [0.1, 0.15) is 40.0 Å². The van der Waals surface area contributed by atoms with Crippen molar-refractivity contribution < 1.29 is 23.9 Å². The molecule has 0 heterocycles. The zero-order valence-corrected chi connectivity index (χ0v) is 19.0. The lowest BCUT2D eigenvalue weighted by molar-refractivity contribution is -0.190. The summed E-state index contributed by atoms with van der Waals surface area (Å²) in [5.74, 6) is -2.15. The molecule has 0 amide bonds. The highest BCUT2D eigenvalue weighted by molar-refractivity contribution is 9.09. The van der Waals surface area contributed by atoms with Crippen LogP contribution >= 0.6 is 27.5 Å². The number of halogens is 3. The highest BCUT2D eigenvalue weighted by Gasteiger charge is 2.76. The van der Waals surface area contributed by atoms with E-state index in [-0.39, 0.29) is 35.2 Å². The van der Waals surface area contributed by atoms with Crippen LogP contribution in [0.15, 0.2) is 23.8 Å². The van der Waals surface area contributed by atoms with Gasteiger partial charge in [-0.25, -0.2) is 4.39 Å². The second-order valence-electron chi connectivity index (χ2n) is 9.70. The Balaban J connectivity index is 1.89. The van der Waals surface area contributed by atoms with E-state index in [2.05, 4.69) is 15.9 Å². The number of aliphatic hydroxyl groups excluding tert-OH is 1. The van der Waals surface area contributed by atoms with Crippen LogP contribution in [-0.2, 0) is 14.4 Å². The van der Waals surface area contributed by atoms with E-state index in [1.807, 2.05) is 13.8 Å². The van der Waals surface area contributed by atoms with Crippen LogP contribution in [0.25, 0.3) is 0 Å². The van der Waals surface area contributed by atoms with Gasteiger partial charge in [-0.1, -0.05) is 41.4 Å². The van der Waals surface area contributed by atoms with Crippen molar-refractivity contribution in [2.75, 3.05) is 0 Å². The van der Waals surface area contributed by atoms with Gasteiger partial charge < -0.3 is 5.11 Å². The first kappa shape index (κ1) is 21.4. The smallest absolute Gasteiger partial charge is 0.216 e. The van der Waals surface area contributed by atoms with Crippen molar-refractivity contribution in [2.24, 2.45) is 28.6 Å². The first-order chi connectivity index (χ1) is 13.4. The van der Waals surface area contributed by atoms with Gasteiger partial charge in [-0.3, -0.25) is 14.4 Å². The Hall–Kier alpha value is -0.850. The SMILES string of the molecule is C[C@@H]1C[C@H]2[C@@H]3[C@H](Br)CC4=CC(=O)C=C[C@]4(C)[C@@]3(F)[C@@H](O)C[C@]2(C)[C@@]1(Cl)C(=O)C=O. The fourth-order valence-electron chi connectivity index (χ4n) is 7.07. The van der Waals surface area contributed by atoms with Crippen molar-refractivity contribution in [2.45, 2.75) is 61.5 Å². The normalized spacial score (nSPS) is 53.6. The van der Waals surface area contributed by atoms with Gasteiger partial charge >= 0.3 is 0 Å². The van der Waals surface area contributed by atoms with Crippen molar-refractivity contribution in [1.29, 1.82) is 0 Å². The number of carbonyl (C=O) groups excluding carboxylic acids is 3. The second-order valence-corrected chi connectivity index (χ2v) is 11.5. The standard InChI is InChI=1S/C22H25BrClFO4/c1-11-6-14-18-15(23)8-12-7-13(27)4-5-19(12,2)22(18,25)16(28)9-20(14,3)21(11,24)17(29)10-26/h4-5,7,10-11,14-16,18,28H,6,8-9H2,1-3H3/t11-,14+,15-,16+,18-,19+,20+,21+,22-/m1/s1. The minimum absolute atomic E-state index is 0.0253. The Kier molecular flexibility index (Phi) is 4.67. The van der Waals surface area contributed by atoms with Gasteiger partial charge in [0.05, 0.1) is 6.10 Å². The monoisotopic (exact) mass is 486 g/mol. The highest BCUT2D eigenvalue weighted by Crippen LogP contribution is 2.72. The molecule has 0 radical (unpaired) electrons. The lowest BCUT2D eigenvalue weighted by Crippen LogP contribution is -2.70. The average Bonchev–Trinajstić information content (AvgIpc) is 2.85. The van der Waals surface area contributed by atoms with Crippen molar-refractivity contribution in [3.63, 3.8) is 0 Å². The number of aliphatic hydroxyl groups is 1. The first-order valence-electron chi connectivity index (χ1n) is 10.0. The Morgan fingerprint density at radius 3 is 2.69 bits per heavy atom. The summed E-state index contributed by atoms with van der Waals surface area (Å²) >= 11 is 10.5. The van der Waals surface area contributed by atoms with Crippen molar-refractivity contribution in [3.05, 3.63) is 23.8 Å². The van der Waals surface area contributed by atoms with E-state index in [0.717, 1.165) is 0 Å². The fourth-order valence-corrected chi connectivity index (χ4v) is 8.52. The molecular weight excluding hydrogens is 463 g/mol. The summed E-state index contributed by atoms with van der Waals surface area (Å²) in [6, 6.07) is 0. The van der Waals surface area contributed by atoms with Gasteiger partial charge in [0.2, 0.25) is 5.78 Å². The lowest BCUT2D eigenvalue weighted by Gasteiger charge is -2.63. The molecule has 4 aliphatic carbocycles. The van der Waals surface area contributed by atoms with Crippen LogP contribution < -0.4 is 0 Å². The van der Waals surface area contributed by atoms with Crippen LogP contribution in [0.3, 0.4) is 0 Å². The Labute approximate surface area is 183 Å². The minimum Gasteiger partial charge on any atom is -0.390 e. The number of hydrogen-bond donors (Lipinski definition) is 1. The number of fused-ring (bicyclic) bond motifs is 5. The molecule has 158 valence electrons. The van der Waals surface area contributed by atoms with Gasteiger partial charge in [-0.15, -0.1) is 11.6 Å². The number of alkyl halides is 3. The van der Waals surface area contributed by atoms with Crippen LogP contribution in [-0.4, -0.2) is 44.4 Å². The maximum absolute atomic E-state index is 17.1. The molecule has 0 unspecified atom stereocenters. The molecule has 0 saturated heterocycles. The minimum atomic E-state index is -2.03. The van der Waals surface area contributed by atoms with Crippen LogP contribution in [0, 0.1) is 28.6 Å². The number of carbonyl (C=O) groups is 3. The molecular formula is C22H25BrClFO4. The number of hydrogen-bond acceptors (Lipinski definition) is 4. The highest BCUT2D eigenvalue weighted by atomic mass is 79.9. The van der Waals surface area contributed by atoms with Crippen LogP contribution in [0.4, 0.5) is 4.39 Å². The van der Waals surface area contributed by atoms with Gasteiger partial charge in [0.25, 0.3) is 0 Å². The Morgan fingerprint density at radius 1 is 1.41 bits per heavy atom. The summed E-state index contributed by atoms with van der Waals surface area (Å²) in [6.07, 6.45) is 4.22. The molecule has 29 heavy (non-hydrogen) atoms. The number of aldehydes is 1. The number of ketones is 2. The first-order valence-corrected chi connectivity index (χ1v) is 11.3. The van der Waals surface area contributed by atoms with Crippen LogP contribution in [0.5, 0.6) is 0 Å². The molecule has 4 nitrogen and oxygen atoms in total. The molecule has 4 aliphatic rings. The van der Waals surface area contributed by atoms with E-state index in [0.29, 0.717) is 18.4 Å². The summed E-state index contributed by atoms with van der Waals surface area (Å²) in [5.41, 5.74) is -3.41. The molecule has 9 atom stereocenters. The van der Waals surface area contributed by atoms with E-state index in [1.165, 1.54) is 12.2 Å². The summed E-state index contributed by atoms with van der Waals surface area (Å²) < 4.78 is 17.1. The largest absolute Gasteiger partial charge is 0.390 e. The molecule has 0 aromatic heterocycles. The maximum Gasteiger partial charge on any atom is 0.216 e. The Bertz CT molecular complexity index is 873. The van der Waals surface area contributed by atoms with E-state index in [1.54, 1.807) is 13.0 Å². The topological polar surface area (TPSA) is 71.4 Å². The predicted octanol–water partition coefficient (Wildman–Crippen LogP) is 3.72. The Morgan fingerprint density at radius 2 is 2.07 bits per heavy atom. The maximum atomic E-state index is 17.1. The van der Waals surface area contributed by atoms with Gasteiger partial charge in [0.15, 0.2) is 17.7 Å². The molecule has 0 aliphatic heterocycles. The summed E-state index contributed by atoms with van der Waals surface area (Å²) in [6.45, 7) is 5.37. The van der Waals surface area contributed by atoms with Crippen molar-refractivity contribution in [3.8, 4) is 0 Å². The molecule has 3 saturated carbocycles. The van der Waals surface area contributed by atoms with E-state index >= 15 is 4.39 Å². The van der Waals surface area contributed by atoms with E-state index < -0.39 is 39.2 Å². The van der Waals surface area contributed by atoms with Gasteiger partial charge in [0.1, 0.15) is 4.87 Å². The van der Waals surface area contributed by atoms with Crippen molar-refractivity contribution in [1.82, 2.24) is 0 Å². The molecule has 0 aromatic carbocycles. The molecule has 0 aromatic rings. The zero-order chi connectivity index (χ0) is 21.6. The van der Waals surface area contributed by atoms with Gasteiger partial charge in [-0.05, 0) is 50.2 Å². The average molecular weight is 488 g/mol. The third kappa shape index (κ3) is 2.31. The molecule has 7 heteroatoms. The number of allylic oxidation sites excluding steroid dienone is 4. The summed E-state index contributed by atoms with van der Waals surface area (Å²) in [4.78, 5) is 34.1. The fraction of sp³-hybridized carbons (Fsp3) is 0.682. The van der Waals surface area contributed by atoms with Gasteiger partial charge in [0, 0.05) is 21.6 Å². The third-order valence-electron chi connectivity index (χ3n) is 8.59. The zero-order valence-electron chi connectivity index (χ0n) is 16.6. The van der Waals surface area contributed by atoms with Crippen molar-refractivity contribution >= 4 is 45.4 Å². The van der Waals surface area contributed by atoms with Gasteiger partial charge in [-0.2, -0.15) is 0 Å². The van der Waals surface area contributed by atoms with Crippen LogP contribution in [0.2, 0.25) is 0 Å². The van der Waals surface area contributed by atoms with E-state index in [4.69, 9.17) is 11.6 Å². The number of Topliss-reactive ketones (excluding diaryl/α,β-unsaturated/α-hetero) is 1. The molecule has 1 N–H and O–H groups in total. The molecule has 0 spiro atoms. The second kappa shape index (κ2) is 6.33. The quantitative estimate of drug-likeness (QED) is 0.366. The molecule has 0 bridgehead atoms. The number of rotatable bonds is 2.